The number of carbonyl (C=O) groups is 1. The van der Waals surface area contributed by atoms with Crippen LogP contribution in [0.3, 0.4) is 0 Å². The van der Waals surface area contributed by atoms with Gasteiger partial charge in [-0.3, -0.25) is 4.79 Å². The molecule has 1 heterocycles. The number of aromatic nitrogens is 2. The molecule has 2 atom stereocenters. The highest BCUT2D eigenvalue weighted by atomic mass is 16.1. The molecule has 1 aliphatic carbocycles. The predicted octanol–water partition coefficient (Wildman–Crippen LogP) is 4.31. The first-order chi connectivity index (χ1) is 13.7. The summed E-state index contributed by atoms with van der Waals surface area (Å²) in [6.07, 6.45) is 4.32. The average molecular weight is 374 g/mol. The number of aromatic amines is 1. The lowest BCUT2D eigenvalue weighted by atomic mass is 9.88. The van der Waals surface area contributed by atoms with E-state index in [1.54, 1.807) is 0 Å². The molecule has 4 heteroatoms. The van der Waals surface area contributed by atoms with Gasteiger partial charge in [0.1, 0.15) is 5.82 Å². The number of carbonyl (C=O) groups excluding carboxylic acids is 1. The summed E-state index contributed by atoms with van der Waals surface area (Å²) in [6, 6.07) is 20.8. The van der Waals surface area contributed by atoms with Crippen molar-refractivity contribution in [2.45, 2.75) is 45.1 Å². The van der Waals surface area contributed by atoms with E-state index in [1.807, 2.05) is 31.2 Å². The number of benzene rings is 2. The minimum atomic E-state index is 0.00953. The van der Waals surface area contributed by atoms with Crippen LogP contribution in [0, 0.1) is 12.8 Å². The molecular formula is C24H27N3O. The molecule has 4 rings (SSSR count). The molecule has 2 N–H and O–H groups in total. The maximum absolute atomic E-state index is 13.1. The second-order valence-electron chi connectivity index (χ2n) is 7.68. The number of amides is 1. The molecule has 0 saturated carbocycles. The van der Waals surface area contributed by atoms with Crippen LogP contribution in [0.15, 0.2) is 60.7 Å². The lowest BCUT2D eigenvalue weighted by molar-refractivity contribution is -0.126. The van der Waals surface area contributed by atoms with Crippen LogP contribution in [0.1, 0.15) is 47.2 Å². The van der Waals surface area contributed by atoms with Gasteiger partial charge in [0.25, 0.3) is 0 Å². The third-order valence-corrected chi connectivity index (χ3v) is 5.62. The molecule has 1 amide bonds. The normalized spacial score (nSPS) is 17.0. The van der Waals surface area contributed by atoms with Crippen molar-refractivity contribution in [1.82, 2.24) is 15.3 Å². The first-order valence-corrected chi connectivity index (χ1v) is 10.1. The topological polar surface area (TPSA) is 57.8 Å². The molecule has 0 aliphatic heterocycles. The minimum absolute atomic E-state index is 0.00953. The summed E-state index contributed by atoms with van der Waals surface area (Å²) < 4.78 is 0. The number of rotatable bonds is 6. The van der Waals surface area contributed by atoms with Gasteiger partial charge in [-0.15, -0.1) is 0 Å². The zero-order chi connectivity index (χ0) is 19.3. The van der Waals surface area contributed by atoms with Gasteiger partial charge in [0.15, 0.2) is 0 Å². The Hall–Kier alpha value is -2.88. The molecule has 28 heavy (non-hydrogen) atoms. The maximum atomic E-state index is 13.1. The number of nitrogens with zero attached hydrogens (tertiary/aromatic N) is 1. The van der Waals surface area contributed by atoms with E-state index in [0.29, 0.717) is 0 Å². The van der Waals surface area contributed by atoms with E-state index in [0.717, 1.165) is 49.3 Å². The van der Waals surface area contributed by atoms with Crippen LogP contribution >= 0.6 is 0 Å². The lowest BCUT2D eigenvalue weighted by Crippen LogP contribution is -2.36. The van der Waals surface area contributed by atoms with Crippen molar-refractivity contribution < 1.29 is 4.79 Å². The molecule has 144 valence electrons. The first-order valence-electron chi connectivity index (χ1n) is 10.1. The highest BCUT2D eigenvalue weighted by molar-refractivity contribution is 5.79. The second-order valence-corrected chi connectivity index (χ2v) is 7.68. The number of imidazole rings is 1. The van der Waals surface area contributed by atoms with Crippen LogP contribution in [0.25, 0.3) is 0 Å². The molecule has 0 spiro atoms. The van der Waals surface area contributed by atoms with Crippen LogP contribution in [0.4, 0.5) is 0 Å². The third kappa shape index (κ3) is 4.33. The van der Waals surface area contributed by atoms with Crippen LogP contribution < -0.4 is 5.32 Å². The molecule has 0 radical (unpaired) electrons. The number of fused-ring (bicyclic) bond motifs is 1. The number of aryl methyl sites for hydroxylation is 3. The Bertz CT molecular complexity index is 918. The van der Waals surface area contributed by atoms with Gasteiger partial charge in [-0.05, 0) is 43.7 Å². The summed E-state index contributed by atoms with van der Waals surface area (Å²) in [6.45, 7) is 1.97. The molecule has 1 aromatic heterocycles. The van der Waals surface area contributed by atoms with E-state index < -0.39 is 0 Å². The van der Waals surface area contributed by atoms with E-state index >= 15 is 0 Å². The fourth-order valence-corrected chi connectivity index (χ4v) is 4.10. The Morgan fingerprint density at radius 1 is 1.14 bits per heavy atom. The van der Waals surface area contributed by atoms with E-state index in [9.17, 15) is 4.79 Å². The molecule has 0 bridgehead atoms. The Balaban J connectivity index is 1.45. The van der Waals surface area contributed by atoms with E-state index in [1.165, 1.54) is 11.1 Å². The number of H-pyrrole nitrogens is 1. The number of hydrogen-bond donors (Lipinski definition) is 2. The van der Waals surface area contributed by atoms with Crippen LogP contribution in [-0.2, 0) is 24.1 Å². The van der Waals surface area contributed by atoms with Gasteiger partial charge in [-0.2, -0.15) is 0 Å². The summed E-state index contributed by atoms with van der Waals surface area (Å²) in [7, 11) is 0. The van der Waals surface area contributed by atoms with Crippen molar-refractivity contribution in [1.29, 1.82) is 0 Å². The molecule has 0 saturated heterocycles. The van der Waals surface area contributed by atoms with Gasteiger partial charge in [0, 0.05) is 18.0 Å². The Morgan fingerprint density at radius 2 is 1.86 bits per heavy atom. The zero-order valence-electron chi connectivity index (χ0n) is 16.3. The van der Waals surface area contributed by atoms with Crippen LogP contribution in [0.5, 0.6) is 0 Å². The lowest BCUT2D eigenvalue weighted by Gasteiger charge is -2.25. The molecule has 4 nitrogen and oxygen atoms in total. The van der Waals surface area contributed by atoms with Crippen molar-refractivity contribution in [2.24, 2.45) is 5.92 Å². The van der Waals surface area contributed by atoms with Gasteiger partial charge >= 0.3 is 0 Å². The summed E-state index contributed by atoms with van der Waals surface area (Å²) in [5.74, 6) is 1.10. The maximum Gasteiger partial charge on any atom is 0.223 e. The standard InChI is InChI=1S/C24H27N3O/c1-17-25-22-15-13-20(16-23(22)26-17)24(28)27-21(19-10-6-3-7-11-19)14-12-18-8-4-2-5-9-18/h2-11,20-21H,12-16H2,1H3,(H,25,26)(H,27,28)/t20-,21+/m1/s1. The number of nitrogens with one attached hydrogen (secondary N) is 2. The minimum Gasteiger partial charge on any atom is -0.349 e. The third-order valence-electron chi connectivity index (χ3n) is 5.62. The highest BCUT2D eigenvalue weighted by Gasteiger charge is 2.28. The van der Waals surface area contributed by atoms with Crippen molar-refractivity contribution >= 4 is 5.91 Å². The quantitative estimate of drug-likeness (QED) is 0.676. The van der Waals surface area contributed by atoms with Crippen molar-refractivity contribution in [3.05, 3.63) is 89.0 Å². The monoisotopic (exact) mass is 373 g/mol. The van der Waals surface area contributed by atoms with Gasteiger partial charge in [-0.25, -0.2) is 4.98 Å². The molecular weight excluding hydrogens is 346 g/mol. The van der Waals surface area contributed by atoms with Crippen molar-refractivity contribution in [3.63, 3.8) is 0 Å². The largest absolute Gasteiger partial charge is 0.349 e. The Labute approximate surface area is 166 Å². The van der Waals surface area contributed by atoms with E-state index in [2.05, 4.69) is 51.7 Å². The molecule has 2 aromatic carbocycles. The summed E-state index contributed by atoms with van der Waals surface area (Å²) in [5, 5.41) is 3.34. The van der Waals surface area contributed by atoms with Gasteiger partial charge in [0.2, 0.25) is 5.91 Å². The Morgan fingerprint density at radius 3 is 2.61 bits per heavy atom. The smallest absolute Gasteiger partial charge is 0.223 e. The van der Waals surface area contributed by atoms with Crippen LogP contribution in [-0.4, -0.2) is 15.9 Å². The first kappa shape index (κ1) is 18.5. The molecule has 1 aliphatic rings. The van der Waals surface area contributed by atoms with Gasteiger partial charge in [-0.1, -0.05) is 60.7 Å². The zero-order valence-corrected chi connectivity index (χ0v) is 16.3. The van der Waals surface area contributed by atoms with E-state index in [-0.39, 0.29) is 17.9 Å². The summed E-state index contributed by atoms with van der Waals surface area (Å²) in [5.41, 5.74) is 4.73. The summed E-state index contributed by atoms with van der Waals surface area (Å²) in [4.78, 5) is 20.9. The fourth-order valence-electron chi connectivity index (χ4n) is 4.10. The van der Waals surface area contributed by atoms with Gasteiger partial charge < -0.3 is 10.3 Å². The summed E-state index contributed by atoms with van der Waals surface area (Å²) >= 11 is 0. The van der Waals surface area contributed by atoms with Crippen molar-refractivity contribution in [2.75, 3.05) is 0 Å². The van der Waals surface area contributed by atoms with Crippen LogP contribution in [0.2, 0.25) is 0 Å². The number of hydrogen-bond acceptors (Lipinski definition) is 2. The molecule has 3 aromatic rings. The SMILES string of the molecule is Cc1nc2c([nH]1)C[C@H](C(=O)N[C@@H](CCc1ccccc1)c1ccccc1)CC2. The fraction of sp³-hybridized carbons (Fsp3) is 0.333. The van der Waals surface area contributed by atoms with Crippen molar-refractivity contribution in [3.8, 4) is 0 Å². The average Bonchev–Trinajstić information content (AvgIpc) is 3.11. The van der Waals surface area contributed by atoms with Gasteiger partial charge in [0.05, 0.1) is 11.7 Å². The highest BCUT2D eigenvalue weighted by Crippen LogP contribution is 2.26. The molecule has 0 fully saturated rings. The second kappa shape index (κ2) is 8.42. The van der Waals surface area contributed by atoms with E-state index in [4.69, 9.17) is 0 Å². The Kier molecular flexibility index (Phi) is 5.56. The predicted molar refractivity (Wildman–Crippen MR) is 111 cm³/mol. The molecule has 0 unspecified atom stereocenters.